The molecule has 0 unspecified atom stereocenters. The maximum Gasteiger partial charge on any atom is 0.343 e. The van der Waals surface area contributed by atoms with Gasteiger partial charge in [-0.25, -0.2) is 9.89 Å². The van der Waals surface area contributed by atoms with Gasteiger partial charge in [-0.3, -0.25) is 9.36 Å². The van der Waals surface area contributed by atoms with Gasteiger partial charge in [0.15, 0.2) is 5.16 Å². The number of carbonyl (C=O) groups excluding carboxylic acids is 1. The van der Waals surface area contributed by atoms with Crippen molar-refractivity contribution in [2.75, 3.05) is 16.8 Å². The number of nitrogens with zero attached hydrogens (tertiary/aromatic N) is 2. The average molecular weight is 293 g/mol. The fourth-order valence-electron chi connectivity index (χ4n) is 1.61. The molecule has 20 heavy (non-hydrogen) atoms. The van der Waals surface area contributed by atoms with Crippen molar-refractivity contribution < 1.29 is 4.79 Å². The third-order valence-electron chi connectivity index (χ3n) is 2.70. The van der Waals surface area contributed by atoms with Gasteiger partial charge >= 0.3 is 5.69 Å². The molecule has 0 aliphatic carbocycles. The fraction of sp³-hybridized carbons (Fsp3) is 0.250. The maximum atomic E-state index is 11.9. The number of hydrogen-bond acceptors (Lipinski definition) is 5. The number of carbonyl (C=O) groups is 1. The first kappa shape index (κ1) is 14.2. The van der Waals surface area contributed by atoms with Crippen molar-refractivity contribution >= 4 is 29.0 Å². The lowest BCUT2D eigenvalue weighted by Gasteiger charge is -2.08. The Kier molecular flexibility index (Phi) is 4.14. The lowest BCUT2D eigenvalue weighted by atomic mass is 10.2. The third-order valence-corrected chi connectivity index (χ3v) is 3.73. The average Bonchev–Trinajstić information content (AvgIpc) is 2.71. The summed E-state index contributed by atoms with van der Waals surface area (Å²) in [6.45, 7) is 1.87. The molecule has 0 saturated heterocycles. The van der Waals surface area contributed by atoms with Gasteiger partial charge in [-0.2, -0.15) is 0 Å². The molecule has 1 aromatic carbocycles. The van der Waals surface area contributed by atoms with Crippen LogP contribution in [0, 0.1) is 6.92 Å². The van der Waals surface area contributed by atoms with E-state index in [9.17, 15) is 9.59 Å². The van der Waals surface area contributed by atoms with Crippen LogP contribution in [-0.4, -0.2) is 26.4 Å². The Morgan fingerprint density at radius 1 is 1.55 bits per heavy atom. The molecule has 0 spiro atoms. The zero-order valence-electron chi connectivity index (χ0n) is 11.1. The highest BCUT2D eigenvalue weighted by atomic mass is 32.2. The zero-order valence-corrected chi connectivity index (χ0v) is 12.0. The van der Waals surface area contributed by atoms with Gasteiger partial charge in [0, 0.05) is 18.4 Å². The summed E-state index contributed by atoms with van der Waals surface area (Å²) < 4.78 is 1.35. The van der Waals surface area contributed by atoms with Gasteiger partial charge in [0.1, 0.15) is 0 Å². The molecular formula is C12H15N5O2S. The Labute approximate surface area is 119 Å². The van der Waals surface area contributed by atoms with Crippen LogP contribution in [0.1, 0.15) is 5.56 Å². The highest BCUT2D eigenvalue weighted by Crippen LogP contribution is 2.18. The molecule has 7 nitrogen and oxygen atoms in total. The van der Waals surface area contributed by atoms with Gasteiger partial charge in [-0.1, -0.05) is 11.8 Å². The Balaban J connectivity index is 1.96. The Morgan fingerprint density at radius 2 is 2.30 bits per heavy atom. The van der Waals surface area contributed by atoms with Gasteiger partial charge in [-0.15, -0.1) is 5.10 Å². The molecule has 8 heteroatoms. The monoisotopic (exact) mass is 293 g/mol. The second kappa shape index (κ2) is 5.83. The normalized spacial score (nSPS) is 10.5. The molecule has 0 fully saturated rings. The van der Waals surface area contributed by atoms with Crippen molar-refractivity contribution in [3.63, 3.8) is 0 Å². The summed E-state index contributed by atoms with van der Waals surface area (Å²) in [5.74, 6) is 0.000379. The molecule has 1 heterocycles. The summed E-state index contributed by atoms with van der Waals surface area (Å²) >= 11 is 1.19. The van der Waals surface area contributed by atoms with Gasteiger partial charge in [-0.05, 0) is 30.7 Å². The first-order chi connectivity index (χ1) is 9.47. The van der Waals surface area contributed by atoms with Crippen molar-refractivity contribution in [3.8, 4) is 0 Å². The number of aromatic amines is 1. The molecule has 1 amide bonds. The first-order valence-electron chi connectivity index (χ1n) is 5.87. The van der Waals surface area contributed by atoms with E-state index < -0.39 is 0 Å². The molecule has 1 aromatic heterocycles. The van der Waals surface area contributed by atoms with Crippen LogP contribution < -0.4 is 16.7 Å². The molecule has 0 radical (unpaired) electrons. The number of nitrogen functional groups attached to an aromatic ring is 1. The van der Waals surface area contributed by atoms with Crippen molar-refractivity contribution in [3.05, 3.63) is 34.2 Å². The fourth-order valence-corrected chi connectivity index (χ4v) is 2.32. The second-order valence-electron chi connectivity index (χ2n) is 4.28. The van der Waals surface area contributed by atoms with E-state index in [4.69, 9.17) is 5.73 Å². The molecule has 0 saturated carbocycles. The molecule has 2 rings (SSSR count). The highest BCUT2D eigenvalue weighted by Gasteiger charge is 2.09. The van der Waals surface area contributed by atoms with Crippen LogP contribution in [0.5, 0.6) is 0 Å². The number of thioether (sulfide) groups is 1. The summed E-state index contributed by atoms with van der Waals surface area (Å²) in [4.78, 5) is 23.0. The number of rotatable bonds is 4. The predicted molar refractivity (Wildman–Crippen MR) is 78.8 cm³/mol. The lowest BCUT2D eigenvalue weighted by molar-refractivity contribution is -0.113. The molecule has 2 aromatic rings. The Morgan fingerprint density at radius 3 is 2.90 bits per heavy atom. The standard InChI is InChI=1S/C12H15N5O2S/c1-7-5-8(13)3-4-9(7)14-10(18)6-20-12-16-15-11(19)17(12)2/h3-5H,6,13H2,1-2H3,(H,14,18)(H,15,19). The molecule has 4 N–H and O–H groups in total. The molecule has 106 valence electrons. The van der Waals surface area contributed by atoms with Crippen LogP contribution in [0.4, 0.5) is 11.4 Å². The smallest absolute Gasteiger partial charge is 0.343 e. The first-order valence-corrected chi connectivity index (χ1v) is 6.86. The van der Waals surface area contributed by atoms with Crippen LogP contribution in [-0.2, 0) is 11.8 Å². The number of nitrogens with two attached hydrogens (primary N) is 1. The number of nitrogens with one attached hydrogen (secondary N) is 2. The second-order valence-corrected chi connectivity index (χ2v) is 5.22. The number of amides is 1. The summed E-state index contributed by atoms with van der Waals surface area (Å²) in [5, 5.41) is 9.40. The summed E-state index contributed by atoms with van der Waals surface area (Å²) in [5.41, 5.74) is 7.62. The zero-order chi connectivity index (χ0) is 14.7. The SMILES string of the molecule is Cc1cc(N)ccc1NC(=O)CSc1n[nH]c(=O)n1C. The van der Waals surface area contributed by atoms with E-state index in [0.29, 0.717) is 10.8 Å². The summed E-state index contributed by atoms with van der Waals surface area (Å²) in [7, 11) is 1.59. The predicted octanol–water partition coefficient (Wildman–Crippen LogP) is 0.730. The van der Waals surface area contributed by atoms with Gasteiger partial charge in [0.25, 0.3) is 0 Å². The molecule has 0 bridgehead atoms. The topological polar surface area (TPSA) is 106 Å². The third kappa shape index (κ3) is 3.21. The summed E-state index contributed by atoms with van der Waals surface area (Å²) in [6.07, 6.45) is 0. The highest BCUT2D eigenvalue weighted by molar-refractivity contribution is 7.99. The number of hydrogen-bond donors (Lipinski definition) is 3. The Bertz CT molecular complexity index is 691. The minimum Gasteiger partial charge on any atom is -0.399 e. The maximum absolute atomic E-state index is 11.9. The molecule has 0 aliphatic heterocycles. The van der Waals surface area contributed by atoms with E-state index in [2.05, 4.69) is 15.5 Å². The van der Waals surface area contributed by atoms with Gasteiger partial charge in [0.2, 0.25) is 5.91 Å². The van der Waals surface area contributed by atoms with Crippen LogP contribution in [0.25, 0.3) is 0 Å². The van der Waals surface area contributed by atoms with Crippen LogP contribution in [0.2, 0.25) is 0 Å². The quantitative estimate of drug-likeness (QED) is 0.569. The van der Waals surface area contributed by atoms with Crippen molar-refractivity contribution in [1.29, 1.82) is 0 Å². The van der Waals surface area contributed by atoms with Crippen LogP contribution >= 0.6 is 11.8 Å². The number of aryl methyl sites for hydroxylation is 1. The molecular weight excluding hydrogens is 278 g/mol. The van der Waals surface area contributed by atoms with E-state index in [1.807, 2.05) is 6.92 Å². The number of H-pyrrole nitrogens is 1. The number of anilines is 2. The molecule has 0 atom stereocenters. The van der Waals surface area contributed by atoms with E-state index >= 15 is 0 Å². The largest absolute Gasteiger partial charge is 0.399 e. The van der Waals surface area contributed by atoms with E-state index in [-0.39, 0.29) is 17.3 Å². The number of aromatic nitrogens is 3. The Hall–Kier alpha value is -2.22. The minimum atomic E-state index is -0.303. The van der Waals surface area contributed by atoms with Gasteiger partial charge < -0.3 is 11.1 Å². The van der Waals surface area contributed by atoms with Crippen LogP contribution in [0.15, 0.2) is 28.2 Å². The minimum absolute atomic E-state index is 0.168. The summed E-state index contributed by atoms with van der Waals surface area (Å²) in [6, 6.07) is 5.28. The molecule has 0 aliphatic rings. The van der Waals surface area contributed by atoms with Crippen LogP contribution in [0.3, 0.4) is 0 Å². The van der Waals surface area contributed by atoms with Crippen molar-refractivity contribution in [2.24, 2.45) is 7.05 Å². The lowest BCUT2D eigenvalue weighted by Crippen LogP contribution is -2.16. The van der Waals surface area contributed by atoms with Crippen molar-refractivity contribution in [2.45, 2.75) is 12.1 Å². The van der Waals surface area contributed by atoms with Crippen molar-refractivity contribution in [1.82, 2.24) is 14.8 Å². The van der Waals surface area contributed by atoms with E-state index in [1.54, 1.807) is 25.2 Å². The van der Waals surface area contributed by atoms with E-state index in [0.717, 1.165) is 11.3 Å². The van der Waals surface area contributed by atoms with Gasteiger partial charge in [0.05, 0.1) is 5.75 Å². The number of benzene rings is 1. The van der Waals surface area contributed by atoms with E-state index in [1.165, 1.54) is 16.3 Å².